The zero-order valence-corrected chi connectivity index (χ0v) is 13.6. The van der Waals surface area contributed by atoms with E-state index in [1.54, 1.807) is 25.3 Å². The molecule has 1 heterocycles. The molecule has 0 spiro atoms. The minimum Gasteiger partial charge on any atom is -0.496 e. The van der Waals surface area contributed by atoms with E-state index < -0.39 is 5.91 Å². The van der Waals surface area contributed by atoms with Crippen molar-refractivity contribution in [2.45, 2.75) is 0 Å². The predicted octanol–water partition coefficient (Wildman–Crippen LogP) is 3.58. The Morgan fingerprint density at radius 1 is 1.35 bits per heavy atom. The lowest BCUT2D eigenvalue weighted by molar-refractivity contribution is 0.0926. The second-order valence-corrected chi connectivity index (χ2v) is 5.39. The number of carbonyl (C=O) groups excluding carboxylic acids is 1. The number of halogens is 2. The monoisotopic (exact) mass is 400 g/mol. The number of nitrogens with zero attached hydrogens (tertiary/aromatic N) is 1. The molecule has 104 valence electrons. The van der Waals surface area contributed by atoms with Crippen LogP contribution in [0.25, 0.3) is 0 Å². The van der Waals surface area contributed by atoms with Crippen LogP contribution in [0.1, 0.15) is 16.1 Å². The maximum absolute atomic E-state index is 11.7. The smallest absolute Gasteiger partial charge is 0.307 e. The van der Waals surface area contributed by atoms with Gasteiger partial charge < -0.3 is 9.15 Å². The molecular weight excluding hydrogens is 392 g/mol. The van der Waals surface area contributed by atoms with Crippen LogP contribution in [0.5, 0.6) is 5.75 Å². The molecule has 1 aromatic carbocycles. The third kappa shape index (κ3) is 3.71. The van der Waals surface area contributed by atoms with Gasteiger partial charge in [-0.2, -0.15) is 5.10 Å². The molecule has 0 fully saturated rings. The Kier molecular flexibility index (Phi) is 4.97. The number of furan rings is 1. The number of hydrogen-bond donors (Lipinski definition) is 1. The van der Waals surface area contributed by atoms with Gasteiger partial charge in [0.05, 0.1) is 13.3 Å². The van der Waals surface area contributed by atoms with E-state index in [9.17, 15) is 4.79 Å². The van der Waals surface area contributed by atoms with Crippen molar-refractivity contribution in [1.29, 1.82) is 0 Å². The summed E-state index contributed by atoms with van der Waals surface area (Å²) < 4.78 is 11.7. The molecule has 1 aromatic heterocycles. The number of carbonyl (C=O) groups is 1. The van der Waals surface area contributed by atoms with Gasteiger partial charge in [-0.05, 0) is 46.3 Å². The van der Waals surface area contributed by atoms with Crippen molar-refractivity contribution >= 4 is 44.0 Å². The van der Waals surface area contributed by atoms with Crippen LogP contribution in [-0.4, -0.2) is 19.2 Å². The van der Waals surface area contributed by atoms with Gasteiger partial charge in [0.1, 0.15) is 5.75 Å². The number of benzene rings is 1. The number of amides is 1. The highest BCUT2D eigenvalue weighted by atomic mass is 79.9. The first-order valence-electron chi connectivity index (χ1n) is 5.52. The van der Waals surface area contributed by atoms with E-state index in [0.717, 1.165) is 10.0 Å². The first kappa shape index (κ1) is 14.8. The molecule has 0 aliphatic heterocycles. The summed E-state index contributed by atoms with van der Waals surface area (Å²) in [6.45, 7) is 0. The van der Waals surface area contributed by atoms with Crippen molar-refractivity contribution in [3.63, 3.8) is 0 Å². The Morgan fingerprint density at radius 3 is 2.80 bits per heavy atom. The quantitative estimate of drug-likeness (QED) is 0.629. The van der Waals surface area contributed by atoms with Crippen LogP contribution < -0.4 is 10.2 Å². The van der Waals surface area contributed by atoms with Gasteiger partial charge in [0, 0.05) is 10.0 Å². The lowest BCUT2D eigenvalue weighted by Crippen LogP contribution is -2.16. The molecule has 5 nitrogen and oxygen atoms in total. The highest BCUT2D eigenvalue weighted by Gasteiger charge is 2.09. The molecule has 0 radical (unpaired) electrons. The molecule has 0 atom stereocenters. The zero-order chi connectivity index (χ0) is 14.5. The lowest BCUT2D eigenvalue weighted by atomic mass is 10.2. The van der Waals surface area contributed by atoms with Crippen molar-refractivity contribution in [2.75, 3.05) is 7.11 Å². The molecule has 1 amide bonds. The van der Waals surface area contributed by atoms with Crippen molar-refractivity contribution in [3.05, 3.63) is 50.8 Å². The van der Waals surface area contributed by atoms with Gasteiger partial charge in [-0.15, -0.1) is 0 Å². The number of rotatable bonds is 4. The first-order valence-corrected chi connectivity index (χ1v) is 7.11. The van der Waals surface area contributed by atoms with Crippen LogP contribution in [0, 0.1) is 0 Å². The summed E-state index contributed by atoms with van der Waals surface area (Å²) in [7, 11) is 1.57. The van der Waals surface area contributed by atoms with Crippen molar-refractivity contribution in [1.82, 2.24) is 5.43 Å². The van der Waals surface area contributed by atoms with Crippen molar-refractivity contribution < 1.29 is 13.9 Å². The Morgan fingerprint density at radius 2 is 2.15 bits per heavy atom. The molecule has 0 aliphatic rings. The Hall–Kier alpha value is -1.60. The zero-order valence-electron chi connectivity index (χ0n) is 10.4. The van der Waals surface area contributed by atoms with E-state index >= 15 is 0 Å². The Balaban J connectivity index is 2.07. The molecule has 2 rings (SSSR count). The van der Waals surface area contributed by atoms with Crippen LogP contribution in [-0.2, 0) is 0 Å². The highest BCUT2D eigenvalue weighted by Crippen LogP contribution is 2.21. The molecule has 7 heteroatoms. The van der Waals surface area contributed by atoms with Crippen LogP contribution >= 0.6 is 31.9 Å². The van der Waals surface area contributed by atoms with E-state index in [2.05, 4.69) is 42.4 Å². The molecular formula is C13H10Br2N2O3. The van der Waals surface area contributed by atoms with Crippen molar-refractivity contribution in [2.24, 2.45) is 5.10 Å². The summed E-state index contributed by atoms with van der Waals surface area (Å²) in [4.78, 5) is 11.7. The number of nitrogens with one attached hydrogen (secondary N) is 1. The summed E-state index contributed by atoms with van der Waals surface area (Å²) >= 11 is 6.49. The van der Waals surface area contributed by atoms with Gasteiger partial charge in [-0.3, -0.25) is 4.79 Å². The largest absolute Gasteiger partial charge is 0.496 e. The SMILES string of the molecule is COc1ccc(Br)cc1/C=N/NC(=O)c1ccc(Br)o1. The van der Waals surface area contributed by atoms with Crippen LogP contribution in [0.15, 0.2) is 49.0 Å². The Labute approximate surface area is 132 Å². The lowest BCUT2D eigenvalue weighted by Gasteiger charge is -2.04. The van der Waals surface area contributed by atoms with Gasteiger partial charge in [0.15, 0.2) is 10.4 Å². The molecule has 0 aliphatic carbocycles. The number of hydrogen-bond acceptors (Lipinski definition) is 4. The van der Waals surface area contributed by atoms with Crippen LogP contribution in [0.3, 0.4) is 0 Å². The third-order valence-corrected chi connectivity index (χ3v) is 3.28. The van der Waals surface area contributed by atoms with Crippen molar-refractivity contribution in [3.8, 4) is 5.75 Å². The molecule has 0 bridgehead atoms. The second-order valence-electron chi connectivity index (χ2n) is 3.69. The fourth-order valence-corrected chi connectivity index (χ4v) is 2.14. The van der Waals surface area contributed by atoms with E-state index in [-0.39, 0.29) is 5.76 Å². The number of ether oxygens (including phenoxy) is 1. The molecule has 0 unspecified atom stereocenters. The third-order valence-electron chi connectivity index (χ3n) is 2.36. The minimum atomic E-state index is -0.430. The Bertz CT molecular complexity index is 653. The fourth-order valence-electron chi connectivity index (χ4n) is 1.46. The van der Waals surface area contributed by atoms with Gasteiger partial charge in [-0.25, -0.2) is 5.43 Å². The normalized spacial score (nSPS) is 10.8. The number of hydrazone groups is 1. The van der Waals surface area contributed by atoms with E-state index in [0.29, 0.717) is 10.4 Å². The van der Waals surface area contributed by atoms with E-state index in [1.807, 2.05) is 12.1 Å². The summed E-state index contributed by atoms with van der Waals surface area (Å²) in [5.74, 6) is 0.406. The van der Waals surface area contributed by atoms with E-state index in [1.165, 1.54) is 6.21 Å². The molecule has 20 heavy (non-hydrogen) atoms. The maximum Gasteiger partial charge on any atom is 0.307 e. The topological polar surface area (TPSA) is 63.8 Å². The molecule has 0 saturated heterocycles. The first-order chi connectivity index (χ1) is 9.60. The maximum atomic E-state index is 11.7. The highest BCUT2D eigenvalue weighted by molar-refractivity contribution is 9.10. The van der Waals surface area contributed by atoms with Crippen LogP contribution in [0.2, 0.25) is 0 Å². The molecule has 2 aromatic rings. The van der Waals surface area contributed by atoms with Crippen LogP contribution in [0.4, 0.5) is 0 Å². The van der Waals surface area contributed by atoms with E-state index in [4.69, 9.17) is 9.15 Å². The standard InChI is InChI=1S/C13H10Br2N2O3/c1-19-10-3-2-9(14)6-8(10)7-16-17-13(18)11-4-5-12(15)20-11/h2-7H,1H3,(H,17,18)/b16-7+. The minimum absolute atomic E-state index is 0.176. The van der Waals surface area contributed by atoms with Gasteiger partial charge in [0.2, 0.25) is 0 Å². The van der Waals surface area contributed by atoms with Gasteiger partial charge >= 0.3 is 5.91 Å². The average molecular weight is 402 g/mol. The number of methoxy groups -OCH3 is 1. The molecule has 0 saturated carbocycles. The fraction of sp³-hybridized carbons (Fsp3) is 0.0769. The summed E-state index contributed by atoms with van der Waals surface area (Å²) in [6.07, 6.45) is 1.50. The molecule has 1 N–H and O–H groups in total. The van der Waals surface area contributed by atoms with Gasteiger partial charge in [0.25, 0.3) is 0 Å². The van der Waals surface area contributed by atoms with Gasteiger partial charge in [-0.1, -0.05) is 15.9 Å². The summed E-state index contributed by atoms with van der Waals surface area (Å²) in [5, 5.41) is 3.88. The summed E-state index contributed by atoms with van der Waals surface area (Å²) in [6, 6.07) is 8.68. The predicted molar refractivity (Wildman–Crippen MR) is 82.2 cm³/mol. The second kappa shape index (κ2) is 6.71. The summed E-state index contributed by atoms with van der Waals surface area (Å²) in [5.41, 5.74) is 3.12. The average Bonchev–Trinajstić information content (AvgIpc) is 2.86.